The van der Waals surface area contributed by atoms with Gasteiger partial charge in [0, 0.05) is 17.1 Å². The lowest BCUT2D eigenvalue weighted by Crippen LogP contribution is -2.16. The second-order valence-electron chi connectivity index (χ2n) is 5.41. The topological polar surface area (TPSA) is 102 Å². The Labute approximate surface area is 139 Å². The summed E-state index contributed by atoms with van der Waals surface area (Å²) in [6.45, 7) is 1.70. The summed E-state index contributed by atoms with van der Waals surface area (Å²) < 4.78 is 23.1. The Bertz CT molecular complexity index is 1040. The second-order valence-corrected chi connectivity index (χ2v) is 6.98. The Balaban J connectivity index is 2.00. The first-order valence-corrected chi connectivity index (χ1v) is 8.69. The fourth-order valence-electron chi connectivity index (χ4n) is 2.44. The smallest absolute Gasteiger partial charge is 0.255 e. The number of carbonyl (C=O) groups excluding carboxylic acids is 1. The Morgan fingerprint density at radius 3 is 2.62 bits per heavy atom. The zero-order chi connectivity index (χ0) is 17.3. The van der Waals surface area contributed by atoms with Crippen LogP contribution < -0.4 is 10.5 Å². The van der Waals surface area contributed by atoms with Crippen molar-refractivity contribution in [1.82, 2.24) is 4.98 Å². The molecule has 0 bridgehead atoms. The molecule has 0 saturated carbocycles. The summed E-state index contributed by atoms with van der Waals surface area (Å²) in [6.07, 6.45) is 1.64. The van der Waals surface area contributed by atoms with Crippen molar-refractivity contribution < 1.29 is 13.2 Å². The van der Waals surface area contributed by atoms with Gasteiger partial charge in [-0.3, -0.25) is 9.78 Å². The van der Waals surface area contributed by atoms with E-state index in [4.69, 9.17) is 5.14 Å². The molecule has 0 aliphatic rings. The molecule has 0 atom stereocenters. The zero-order valence-corrected chi connectivity index (χ0v) is 13.7. The van der Waals surface area contributed by atoms with Crippen LogP contribution in [0.2, 0.25) is 0 Å². The van der Waals surface area contributed by atoms with Gasteiger partial charge in [-0.15, -0.1) is 0 Å². The summed E-state index contributed by atoms with van der Waals surface area (Å²) >= 11 is 0. The van der Waals surface area contributed by atoms with E-state index in [0.29, 0.717) is 16.8 Å². The largest absolute Gasteiger partial charge is 0.320 e. The van der Waals surface area contributed by atoms with Crippen molar-refractivity contribution >= 4 is 32.5 Å². The average Bonchev–Trinajstić information content (AvgIpc) is 2.54. The SMILES string of the molecule is Cc1cc(C(=O)Nc2cccc3cccnc23)cc(S(N)(=O)=O)c1. The monoisotopic (exact) mass is 341 g/mol. The standard InChI is InChI=1S/C17H15N3O3S/c1-11-8-13(10-14(9-11)24(18,22)23)17(21)20-15-6-2-4-12-5-3-7-19-16(12)15/h2-10H,1H3,(H,20,21)(H2,18,22,23). The first-order valence-electron chi connectivity index (χ1n) is 7.14. The number of aryl methyl sites for hydroxylation is 1. The van der Waals surface area contributed by atoms with E-state index < -0.39 is 15.9 Å². The predicted octanol–water partition coefficient (Wildman–Crippen LogP) is 2.44. The maximum absolute atomic E-state index is 12.5. The Morgan fingerprint density at radius 2 is 1.88 bits per heavy atom. The van der Waals surface area contributed by atoms with Crippen LogP contribution in [0.3, 0.4) is 0 Å². The highest BCUT2D eigenvalue weighted by Crippen LogP contribution is 2.22. The van der Waals surface area contributed by atoms with E-state index in [1.807, 2.05) is 24.3 Å². The summed E-state index contributed by atoms with van der Waals surface area (Å²) in [5, 5.41) is 8.82. The van der Waals surface area contributed by atoms with Crippen LogP contribution in [0.4, 0.5) is 5.69 Å². The van der Waals surface area contributed by atoms with Crippen LogP contribution in [0.25, 0.3) is 10.9 Å². The summed E-state index contributed by atoms with van der Waals surface area (Å²) in [4.78, 5) is 16.7. The first kappa shape index (κ1) is 16.1. The number of fused-ring (bicyclic) bond motifs is 1. The lowest BCUT2D eigenvalue weighted by Gasteiger charge is -2.09. The van der Waals surface area contributed by atoms with Gasteiger partial charge in [-0.1, -0.05) is 18.2 Å². The maximum Gasteiger partial charge on any atom is 0.255 e. The van der Waals surface area contributed by atoms with E-state index in [0.717, 1.165) is 5.39 Å². The van der Waals surface area contributed by atoms with Gasteiger partial charge in [0.2, 0.25) is 10.0 Å². The first-order chi connectivity index (χ1) is 11.3. The van der Waals surface area contributed by atoms with Crippen LogP contribution in [-0.2, 0) is 10.0 Å². The van der Waals surface area contributed by atoms with Gasteiger partial charge in [0.15, 0.2) is 0 Å². The quantitative estimate of drug-likeness (QED) is 0.764. The number of hydrogen-bond donors (Lipinski definition) is 2. The molecule has 1 aromatic heterocycles. The number of carbonyl (C=O) groups is 1. The molecular weight excluding hydrogens is 326 g/mol. The van der Waals surface area contributed by atoms with Crippen molar-refractivity contribution in [2.75, 3.05) is 5.32 Å². The maximum atomic E-state index is 12.5. The van der Waals surface area contributed by atoms with Crippen molar-refractivity contribution in [3.63, 3.8) is 0 Å². The van der Waals surface area contributed by atoms with Crippen molar-refractivity contribution in [2.24, 2.45) is 5.14 Å². The molecule has 0 saturated heterocycles. The van der Waals surface area contributed by atoms with Gasteiger partial charge < -0.3 is 5.32 Å². The zero-order valence-electron chi connectivity index (χ0n) is 12.9. The lowest BCUT2D eigenvalue weighted by atomic mass is 10.1. The number of nitrogens with zero attached hydrogens (tertiary/aromatic N) is 1. The summed E-state index contributed by atoms with van der Waals surface area (Å²) in [7, 11) is -3.88. The van der Waals surface area contributed by atoms with Crippen LogP contribution in [0.5, 0.6) is 0 Å². The number of benzene rings is 2. The van der Waals surface area contributed by atoms with Crippen LogP contribution in [-0.4, -0.2) is 19.3 Å². The third kappa shape index (κ3) is 3.27. The molecule has 3 aromatic rings. The Morgan fingerprint density at radius 1 is 1.12 bits per heavy atom. The fraction of sp³-hybridized carbons (Fsp3) is 0.0588. The normalized spacial score (nSPS) is 11.4. The van der Waals surface area contributed by atoms with Crippen LogP contribution in [0.15, 0.2) is 59.6 Å². The molecule has 1 heterocycles. The van der Waals surface area contributed by atoms with E-state index in [-0.39, 0.29) is 10.5 Å². The number of pyridine rings is 1. The van der Waals surface area contributed by atoms with Crippen molar-refractivity contribution in [1.29, 1.82) is 0 Å². The molecule has 2 aromatic carbocycles. The highest BCUT2D eigenvalue weighted by molar-refractivity contribution is 7.89. The third-order valence-corrected chi connectivity index (χ3v) is 4.42. The fourth-order valence-corrected chi connectivity index (χ4v) is 3.08. The Hall–Kier alpha value is -2.77. The number of aromatic nitrogens is 1. The summed E-state index contributed by atoms with van der Waals surface area (Å²) in [6, 6.07) is 13.4. The van der Waals surface area contributed by atoms with Crippen molar-refractivity contribution in [2.45, 2.75) is 11.8 Å². The molecule has 0 aliphatic carbocycles. The van der Waals surface area contributed by atoms with Crippen LogP contribution in [0.1, 0.15) is 15.9 Å². The predicted molar refractivity (Wildman–Crippen MR) is 92.2 cm³/mol. The van der Waals surface area contributed by atoms with Crippen LogP contribution in [0, 0.1) is 6.92 Å². The average molecular weight is 341 g/mol. The number of nitrogens with one attached hydrogen (secondary N) is 1. The minimum absolute atomic E-state index is 0.0938. The van der Waals surface area contributed by atoms with E-state index in [2.05, 4.69) is 10.3 Å². The minimum Gasteiger partial charge on any atom is -0.320 e. The number of nitrogens with two attached hydrogens (primary N) is 1. The van der Waals surface area contributed by atoms with Gasteiger partial charge in [-0.25, -0.2) is 13.6 Å². The molecule has 24 heavy (non-hydrogen) atoms. The summed E-state index contributed by atoms with van der Waals surface area (Å²) in [5.41, 5.74) is 2.05. The molecule has 1 amide bonds. The van der Waals surface area contributed by atoms with E-state index in [1.54, 1.807) is 25.3 Å². The van der Waals surface area contributed by atoms with E-state index >= 15 is 0 Å². The lowest BCUT2D eigenvalue weighted by molar-refractivity contribution is 0.102. The number of primary sulfonamides is 1. The molecule has 0 unspecified atom stereocenters. The van der Waals surface area contributed by atoms with Gasteiger partial charge in [0.25, 0.3) is 5.91 Å². The van der Waals surface area contributed by atoms with Gasteiger partial charge in [-0.2, -0.15) is 0 Å². The minimum atomic E-state index is -3.88. The van der Waals surface area contributed by atoms with Crippen LogP contribution >= 0.6 is 0 Å². The molecule has 7 heteroatoms. The molecule has 3 rings (SSSR count). The van der Waals surface area contributed by atoms with E-state index in [9.17, 15) is 13.2 Å². The van der Waals surface area contributed by atoms with E-state index in [1.165, 1.54) is 12.1 Å². The van der Waals surface area contributed by atoms with Gasteiger partial charge in [0.1, 0.15) is 0 Å². The van der Waals surface area contributed by atoms with Gasteiger partial charge in [0.05, 0.1) is 16.1 Å². The number of sulfonamides is 1. The number of para-hydroxylation sites is 1. The molecule has 0 aliphatic heterocycles. The highest BCUT2D eigenvalue weighted by Gasteiger charge is 2.14. The van der Waals surface area contributed by atoms with Gasteiger partial charge >= 0.3 is 0 Å². The number of rotatable bonds is 3. The molecular formula is C17H15N3O3S. The molecule has 6 nitrogen and oxygen atoms in total. The summed E-state index contributed by atoms with van der Waals surface area (Å²) in [5.74, 6) is -0.429. The Kier molecular flexibility index (Phi) is 4.04. The number of anilines is 1. The second kappa shape index (κ2) is 6.03. The number of amides is 1. The third-order valence-electron chi connectivity index (χ3n) is 3.52. The van der Waals surface area contributed by atoms with Crippen molar-refractivity contribution in [3.8, 4) is 0 Å². The van der Waals surface area contributed by atoms with Gasteiger partial charge in [-0.05, 0) is 42.8 Å². The molecule has 122 valence electrons. The molecule has 0 spiro atoms. The highest BCUT2D eigenvalue weighted by atomic mass is 32.2. The molecule has 0 fully saturated rings. The van der Waals surface area contributed by atoms with Crippen molar-refractivity contribution in [3.05, 3.63) is 65.9 Å². The molecule has 0 radical (unpaired) electrons. The number of hydrogen-bond acceptors (Lipinski definition) is 4. The molecule has 3 N–H and O–H groups in total.